The Morgan fingerprint density at radius 2 is 2.11 bits per heavy atom. The molecule has 0 unspecified atom stereocenters. The van der Waals surface area contributed by atoms with Crippen LogP contribution in [0.4, 0.5) is 17.1 Å². The van der Waals surface area contributed by atoms with Crippen molar-refractivity contribution >= 4 is 49.8 Å². The van der Waals surface area contributed by atoms with Crippen LogP contribution in [0.15, 0.2) is 53.1 Å². The molecular weight excluding hydrogens is 408 g/mol. The summed E-state index contributed by atoms with van der Waals surface area (Å²) in [6.45, 7) is 1.75. The molecule has 1 aliphatic rings. The highest BCUT2D eigenvalue weighted by Gasteiger charge is 2.18. The molecule has 2 heterocycles. The van der Waals surface area contributed by atoms with Gasteiger partial charge in [0.1, 0.15) is 5.75 Å². The minimum absolute atomic E-state index is 0.0311. The number of carbonyl (C=O) groups is 1. The van der Waals surface area contributed by atoms with Gasteiger partial charge < -0.3 is 20.3 Å². The molecule has 27 heavy (non-hydrogen) atoms. The summed E-state index contributed by atoms with van der Waals surface area (Å²) in [5.74, 6) is 0.768. The number of ether oxygens (including phenoxy) is 1. The van der Waals surface area contributed by atoms with Crippen LogP contribution in [0.2, 0.25) is 0 Å². The lowest BCUT2D eigenvalue weighted by Crippen LogP contribution is -2.47. The monoisotopic (exact) mass is 426 g/mol. The van der Waals surface area contributed by atoms with E-state index in [4.69, 9.17) is 4.74 Å². The summed E-state index contributed by atoms with van der Waals surface area (Å²) < 4.78 is 6.47. The largest absolute Gasteiger partial charge is 0.497 e. The molecule has 2 aromatic carbocycles. The smallest absolute Gasteiger partial charge is 0.239 e. The van der Waals surface area contributed by atoms with Gasteiger partial charge in [0.15, 0.2) is 0 Å². The highest BCUT2D eigenvalue weighted by Crippen LogP contribution is 2.32. The molecule has 1 saturated heterocycles. The van der Waals surface area contributed by atoms with E-state index >= 15 is 0 Å². The van der Waals surface area contributed by atoms with Gasteiger partial charge >= 0.3 is 0 Å². The van der Waals surface area contributed by atoms with E-state index in [1.54, 1.807) is 13.3 Å². The predicted octanol–water partition coefficient (Wildman–Crippen LogP) is 3.69. The zero-order chi connectivity index (χ0) is 18.8. The van der Waals surface area contributed by atoms with Crippen molar-refractivity contribution in [3.05, 3.63) is 53.1 Å². The maximum Gasteiger partial charge on any atom is 0.239 e. The Hall–Kier alpha value is -2.80. The Balaban J connectivity index is 1.71. The third kappa shape index (κ3) is 3.83. The SMILES string of the molecule is COc1cc(Nc2ccnc3ccc(Br)cc23)cc(N2CCNC(=O)C2)c1. The van der Waals surface area contributed by atoms with Crippen molar-refractivity contribution in [3.8, 4) is 5.75 Å². The van der Waals surface area contributed by atoms with Crippen LogP contribution in [0, 0.1) is 0 Å². The van der Waals surface area contributed by atoms with Gasteiger partial charge in [0.2, 0.25) is 5.91 Å². The molecule has 6 nitrogen and oxygen atoms in total. The first-order valence-electron chi connectivity index (χ1n) is 8.64. The molecule has 2 N–H and O–H groups in total. The van der Waals surface area contributed by atoms with E-state index < -0.39 is 0 Å². The van der Waals surface area contributed by atoms with Gasteiger partial charge in [-0.25, -0.2) is 0 Å². The van der Waals surface area contributed by atoms with Crippen LogP contribution in [0.25, 0.3) is 10.9 Å². The number of anilines is 3. The Bertz CT molecular complexity index is 1010. The maximum absolute atomic E-state index is 11.7. The molecule has 0 saturated carbocycles. The number of aromatic nitrogens is 1. The lowest BCUT2D eigenvalue weighted by molar-refractivity contribution is -0.120. The van der Waals surface area contributed by atoms with Gasteiger partial charge in [0, 0.05) is 58.3 Å². The van der Waals surface area contributed by atoms with Crippen molar-refractivity contribution in [1.29, 1.82) is 0 Å². The summed E-state index contributed by atoms with van der Waals surface area (Å²) in [6, 6.07) is 13.9. The average Bonchev–Trinajstić information content (AvgIpc) is 2.68. The molecule has 0 radical (unpaired) electrons. The number of hydrogen-bond donors (Lipinski definition) is 2. The molecule has 1 aromatic heterocycles. The molecule has 4 rings (SSSR count). The Kier molecular flexibility index (Phi) is 4.85. The number of amides is 1. The fourth-order valence-corrected chi connectivity index (χ4v) is 3.56. The second kappa shape index (κ2) is 7.44. The normalized spacial score (nSPS) is 14.1. The first-order valence-corrected chi connectivity index (χ1v) is 9.44. The van der Waals surface area contributed by atoms with E-state index in [1.807, 2.05) is 47.4 Å². The van der Waals surface area contributed by atoms with Gasteiger partial charge in [-0.15, -0.1) is 0 Å². The Labute approximate surface area is 165 Å². The second-order valence-electron chi connectivity index (χ2n) is 6.34. The molecule has 0 aliphatic carbocycles. The number of pyridine rings is 1. The quantitative estimate of drug-likeness (QED) is 0.665. The number of hydrogen-bond acceptors (Lipinski definition) is 5. The fourth-order valence-electron chi connectivity index (χ4n) is 3.20. The molecule has 3 aromatic rings. The summed E-state index contributed by atoms with van der Waals surface area (Å²) in [5, 5.41) is 7.34. The van der Waals surface area contributed by atoms with Crippen molar-refractivity contribution in [2.75, 3.05) is 37.0 Å². The van der Waals surface area contributed by atoms with E-state index in [0.717, 1.165) is 44.7 Å². The van der Waals surface area contributed by atoms with E-state index in [2.05, 4.69) is 31.5 Å². The molecule has 0 spiro atoms. The number of fused-ring (bicyclic) bond motifs is 1. The summed E-state index contributed by atoms with van der Waals surface area (Å²) in [7, 11) is 1.64. The van der Waals surface area contributed by atoms with Crippen molar-refractivity contribution in [2.45, 2.75) is 0 Å². The van der Waals surface area contributed by atoms with E-state index in [1.165, 1.54) is 0 Å². The summed E-state index contributed by atoms with van der Waals surface area (Å²) in [4.78, 5) is 18.2. The van der Waals surface area contributed by atoms with Crippen molar-refractivity contribution < 1.29 is 9.53 Å². The number of benzene rings is 2. The topological polar surface area (TPSA) is 66.5 Å². The molecule has 0 atom stereocenters. The molecule has 0 bridgehead atoms. The third-order valence-corrected chi connectivity index (χ3v) is 5.01. The van der Waals surface area contributed by atoms with Crippen LogP contribution in [0.3, 0.4) is 0 Å². The molecule has 1 fully saturated rings. The van der Waals surface area contributed by atoms with Crippen molar-refractivity contribution in [3.63, 3.8) is 0 Å². The number of methoxy groups -OCH3 is 1. The minimum atomic E-state index is 0.0311. The zero-order valence-corrected chi connectivity index (χ0v) is 16.4. The molecule has 1 amide bonds. The van der Waals surface area contributed by atoms with Crippen LogP contribution in [0.1, 0.15) is 0 Å². The van der Waals surface area contributed by atoms with E-state index in [0.29, 0.717) is 13.1 Å². The lowest BCUT2D eigenvalue weighted by Gasteiger charge is -2.29. The lowest BCUT2D eigenvalue weighted by atomic mass is 10.1. The minimum Gasteiger partial charge on any atom is -0.497 e. The van der Waals surface area contributed by atoms with Gasteiger partial charge in [-0.2, -0.15) is 0 Å². The summed E-state index contributed by atoms with van der Waals surface area (Å²) in [5.41, 5.74) is 3.71. The second-order valence-corrected chi connectivity index (χ2v) is 7.25. The van der Waals surface area contributed by atoms with Crippen LogP contribution in [-0.4, -0.2) is 37.6 Å². The van der Waals surface area contributed by atoms with Gasteiger partial charge in [-0.1, -0.05) is 15.9 Å². The zero-order valence-electron chi connectivity index (χ0n) is 14.8. The van der Waals surface area contributed by atoms with E-state index in [-0.39, 0.29) is 5.91 Å². The van der Waals surface area contributed by atoms with Crippen molar-refractivity contribution in [2.24, 2.45) is 0 Å². The third-order valence-electron chi connectivity index (χ3n) is 4.51. The number of nitrogens with one attached hydrogen (secondary N) is 2. The van der Waals surface area contributed by atoms with Gasteiger partial charge in [-0.3, -0.25) is 9.78 Å². The van der Waals surface area contributed by atoms with Crippen LogP contribution in [-0.2, 0) is 4.79 Å². The van der Waals surface area contributed by atoms with E-state index in [9.17, 15) is 4.79 Å². The van der Waals surface area contributed by atoms with Gasteiger partial charge in [0.25, 0.3) is 0 Å². The maximum atomic E-state index is 11.7. The Morgan fingerprint density at radius 1 is 1.22 bits per heavy atom. The highest BCUT2D eigenvalue weighted by molar-refractivity contribution is 9.10. The number of rotatable bonds is 4. The molecule has 1 aliphatic heterocycles. The van der Waals surface area contributed by atoms with Crippen LogP contribution >= 0.6 is 15.9 Å². The number of nitrogens with zero attached hydrogens (tertiary/aromatic N) is 2. The van der Waals surface area contributed by atoms with Crippen molar-refractivity contribution in [1.82, 2.24) is 10.3 Å². The standard InChI is InChI=1S/C20H19BrN4O2/c1-27-16-10-14(9-15(11-16)25-7-6-23-20(26)12-25)24-19-4-5-22-18-3-2-13(21)8-17(18)19/h2-5,8-11H,6-7,12H2,1H3,(H,22,24)(H,23,26). The van der Waals surface area contributed by atoms with Gasteiger partial charge in [0.05, 0.1) is 19.2 Å². The van der Waals surface area contributed by atoms with Crippen LogP contribution < -0.4 is 20.3 Å². The number of piperazine rings is 1. The molecular formula is C20H19BrN4O2. The first kappa shape index (κ1) is 17.6. The number of halogens is 1. The summed E-state index contributed by atoms with van der Waals surface area (Å²) >= 11 is 3.52. The summed E-state index contributed by atoms with van der Waals surface area (Å²) in [6.07, 6.45) is 1.79. The first-order chi connectivity index (χ1) is 13.1. The molecule has 138 valence electrons. The highest BCUT2D eigenvalue weighted by atomic mass is 79.9. The fraction of sp³-hybridized carbons (Fsp3) is 0.200. The average molecular weight is 427 g/mol. The molecule has 7 heteroatoms. The number of carbonyl (C=O) groups excluding carboxylic acids is 1. The predicted molar refractivity (Wildman–Crippen MR) is 111 cm³/mol. The van der Waals surface area contributed by atoms with Crippen LogP contribution in [0.5, 0.6) is 5.75 Å². The Morgan fingerprint density at radius 3 is 2.93 bits per heavy atom. The van der Waals surface area contributed by atoms with Gasteiger partial charge in [-0.05, 0) is 30.3 Å².